The monoisotopic (exact) mass is 237 g/mol. The Morgan fingerprint density at radius 1 is 1.56 bits per heavy atom. The molecule has 0 bridgehead atoms. The third kappa shape index (κ3) is 4.24. The number of carbonyl (C=O) groups excluding carboxylic acids is 1. The van der Waals surface area contributed by atoms with Crippen LogP contribution < -0.4 is 0 Å². The first-order valence-electron chi connectivity index (χ1n) is 4.34. The van der Waals surface area contributed by atoms with Crippen LogP contribution in [0.1, 0.15) is 5.56 Å². The van der Waals surface area contributed by atoms with E-state index >= 15 is 0 Å². The lowest BCUT2D eigenvalue weighted by atomic mass is 10.3. The molecule has 0 aliphatic rings. The number of alkyl halides is 3. The van der Waals surface area contributed by atoms with Gasteiger partial charge in [-0.1, -0.05) is 0 Å². The molecule has 0 N–H and O–H groups in total. The van der Waals surface area contributed by atoms with Gasteiger partial charge in [-0.2, -0.15) is 13.2 Å². The molecule has 16 heavy (non-hydrogen) atoms. The van der Waals surface area contributed by atoms with Gasteiger partial charge in [-0.05, 0) is 6.07 Å². The Bertz CT molecular complexity index is 334. The van der Waals surface area contributed by atoms with E-state index in [-0.39, 0.29) is 6.54 Å². The fourth-order valence-corrected chi connectivity index (χ4v) is 0.975. The van der Waals surface area contributed by atoms with Crippen LogP contribution in [-0.2, 0) is 11.3 Å². The predicted molar refractivity (Wildman–Crippen MR) is 47.6 cm³/mol. The summed E-state index contributed by atoms with van der Waals surface area (Å²) >= 11 is 0. The number of furan rings is 1. The summed E-state index contributed by atoms with van der Waals surface area (Å²) in [4.78, 5) is 12.1. The van der Waals surface area contributed by atoms with E-state index in [1.807, 2.05) is 0 Å². The van der Waals surface area contributed by atoms with Gasteiger partial charge in [0.05, 0.1) is 19.1 Å². The minimum absolute atomic E-state index is 0.132. The van der Waals surface area contributed by atoms with Crippen molar-refractivity contribution in [3.8, 4) is 0 Å². The third-order valence-corrected chi connectivity index (χ3v) is 1.67. The summed E-state index contributed by atoms with van der Waals surface area (Å²) in [6, 6.07) is 1.60. The Morgan fingerprint density at radius 3 is 2.75 bits per heavy atom. The minimum Gasteiger partial charge on any atom is -0.472 e. The summed E-state index contributed by atoms with van der Waals surface area (Å²) in [5.74, 6) is 0. The van der Waals surface area contributed by atoms with Crippen molar-refractivity contribution in [2.24, 2.45) is 0 Å². The molecular formula is C9H10F3NO3. The molecule has 4 nitrogen and oxygen atoms in total. The average Bonchev–Trinajstić information content (AvgIpc) is 2.65. The van der Waals surface area contributed by atoms with Crippen LogP contribution >= 0.6 is 0 Å². The molecule has 1 aromatic heterocycles. The number of nitrogens with zero attached hydrogens (tertiary/aromatic N) is 1. The second kappa shape index (κ2) is 4.91. The van der Waals surface area contributed by atoms with Gasteiger partial charge in [0.15, 0.2) is 6.61 Å². The normalized spacial score (nSPS) is 11.2. The van der Waals surface area contributed by atoms with Gasteiger partial charge in [-0.15, -0.1) is 0 Å². The van der Waals surface area contributed by atoms with Crippen LogP contribution in [0.25, 0.3) is 0 Å². The van der Waals surface area contributed by atoms with Crippen molar-refractivity contribution < 1.29 is 27.1 Å². The average molecular weight is 237 g/mol. The molecule has 0 aliphatic heterocycles. The highest BCUT2D eigenvalue weighted by atomic mass is 19.4. The first-order chi connectivity index (χ1) is 7.38. The lowest BCUT2D eigenvalue weighted by molar-refractivity contribution is -0.162. The zero-order chi connectivity index (χ0) is 12.2. The molecule has 0 fully saturated rings. The topological polar surface area (TPSA) is 42.7 Å². The SMILES string of the molecule is CN(Cc1ccoc1)C(=O)OCC(F)(F)F. The number of rotatable bonds is 3. The number of hydrogen-bond donors (Lipinski definition) is 0. The summed E-state index contributed by atoms with van der Waals surface area (Å²) in [7, 11) is 1.34. The third-order valence-electron chi connectivity index (χ3n) is 1.67. The van der Waals surface area contributed by atoms with Gasteiger partial charge in [-0.3, -0.25) is 0 Å². The summed E-state index contributed by atoms with van der Waals surface area (Å²) < 4.78 is 44.0. The second-order valence-electron chi connectivity index (χ2n) is 3.16. The Morgan fingerprint density at radius 2 is 2.25 bits per heavy atom. The summed E-state index contributed by atoms with van der Waals surface area (Å²) in [5.41, 5.74) is 0.673. The highest BCUT2D eigenvalue weighted by Crippen LogP contribution is 2.15. The van der Waals surface area contributed by atoms with Gasteiger partial charge >= 0.3 is 12.3 Å². The van der Waals surface area contributed by atoms with Crippen LogP contribution in [0.2, 0.25) is 0 Å². The number of hydrogen-bond acceptors (Lipinski definition) is 3. The second-order valence-corrected chi connectivity index (χ2v) is 3.16. The minimum atomic E-state index is -4.51. The zero-order valence-electron chi connectivity index (χ0n) is 8.45. The molecule has 0 saturated carbocycles. The molecular weight excluding hydrogens is 227 g/mol. The van der Waals surface area contributed by atoms with Gasteiger partial charge in [0.1, 0.15) is 0 Å². The highest BCUT2D eigenvalue weighted by Gasteiger charge is 2.30. The lowest BCUT2D eigenvalue weighted by Gasteiger charge is -2.16. The predicted octanol–water partition coefficient (Wildman–Crippen LogP) is 2.41. The van der Waals surface area contributed by atoms with Gasteiger partial charge in [0, 0.05) is 12.6 Å². The van der Waals surface area contributed by atoms with Crippen molar-refractivity contribution in [2.45, 2.75) is 12.7 Å². The largest absolute Gasteiger partial charge is 0.472 e. The van der Waals surface area contributed by atoms with Crippen molar-refractivity contribution in [1.29, 1.82) is 0 Å². The number of halogens is 3. The summed E-state index contributed by atoms with van der Waals surface area (Å²) in [6.07, 6.45) is -2.73. The molecule has 7 heteroatoms. The van der Waals surface area contributed by atoms with Crippen molar-refractivity contribution in [3.05, 3.63) is 24.2 Å². The van der Waals surface area contributed by atoms with Crippen molar-refractivity contribution in [1.82, 2.24) is 4.90 Å². The summed E-state index contributed by atoms with van der Waals surface area (Å²) in [6.45, 7) is -1.45. The maximum absolute atomic E-state index is 11.7. The van der Waals surface area contributed by atoms with Crippen molar-refractivity contribution >= 4 is 6.09 Å². The van der Waals surface area contributed by atoms with E-state index in [4.69, 9.17) is 4.42 Å². The fraction of sp³-hybridized carbons (Fsp3) is 0.444. The van der Waals surface area contributed by atoms with Crippen LogP contribution in [-0.4, -0.2) is 30.8 Å². The molecule has 1 amide bonds. The molecule has 0 atom stereocenters. The molecule has 90 valence electrons. The molecule has 1 rings (SSSR count). The smallest absolute Gasteiger partial charge is 0.422 e. The van der Waals surface area contributed by atoms with Crippen LogP contribution in [0, 0.1) is 0 Å². The maximum atomic E-state index is 11.7. The quantitative estimate of drug-likeness (QED) is 0.810. The Balaban J connectivity index is 2.37. The molecule has 0 saturated heterocycles. The molecule has 0 radical (unpaired) electrons. The van der Waals surface area contributed by atoms with E-state index in [9.17, 15) is 18.0 Å². The number of carbonyl (C=O) groups is 1. The molecule has 1 aromatic rings. The Kier molecular flexibility index (Phi) is 3.81. The van der Waals surface area contributed by atoms with Crippen LogP contribution in [0.3, 0.4) is 0 Å². The zero-order valence-corrected chi connectivity index (χ0v) is 8.45. The molecule has 0 aromatic carbocycles. The van der Waals surface area contributed by atoms with E-state index in [1.165, 1.54) is 19.6 Å². The van der Waals surface area contributed by atoms with Crippen LogP contribution in [0.15, 0.2) is 23.0 Å². The first kappa shape index (κ1) is 12.4. The number of ether oxygens (including phenoxy) is 1. The Labute approximate surface area is 89.6 Å². The standard InChI is InChI=1S/C9H10F3NO3/c1-13(4-7-2-3-15-5-7)8(14)16-6-9(10,11)12/h2-3,5H,4,6H2,1H3. The van der Waals surface area contributed by atoms with E-state index in [0.717, 1.165) is 4.90 Å². The van der Waals surface area contributed by atoms with Gasteiger partial charge in [-0.25, -0.2) is 4.79 Å². The van der Waals surface area contributed by atoms with E-state index in [1.54, 1.807) is 6.07 Å². The first-order valence-corrected chi connectivity index (χ1v) is 4.34. The molecule has 0 spiro atoms. The number of amides is 1. The Hall–Kier alpha value is -1.66. The van der Waals surface area contributed by atoms with Crippen LogP contribution in [0.4, 0.5) is 18.0 Å². The lowest BCUT2D eigenvalue weighted by Crippen LogP contribution is -2.30. The molecule has 0 unspecified atom stereocenters. The summed E-state index contributed by atoms with van der Waals surface area (Å²) in [5, 5.41) is 0. The fourth-order valence-electron chi connectivity index (χ4n) is 0.975. The van der Waals surface area contributed by atoms with Gasteiger partial charge < -0.3 is 14.1 Å². The molecule has 1 heterocycles. The van der Waals surface area contributed by atoms with Crippen molar-refractivity contribution in [3.63, 3.8) is 0 Å². The van der Waals surface area contributed by atoms with Crippen molar-refractivity contribution in [2.75, 3.05) is 13.7 Å². The van der Waals surface area contributed by atoms with Crippen LogP contribution in [0.5, 0.6) is 0 Å². The maximum Gasteiger partial charge on any atom is 0.422 e. The van der Waals surface area contributed by atoms with Gasteiger partial charge in [0.2, 0.25) is 0 Å². The molecule has 0 aliphatic carbocycles. The highest BCUT2D eigenvalue weighted by molar-refractivity contribution is 5.67. The van der Waals surface area contributed by atoms with Gasteiger partial charge in [0.25, 0.3) is 0 Å². The van der Waals surface area contributed by atoms with E-state index in [2.05, 4.69) is 4.74 Å². The van der Waals surface area contributed by atoms with E-state index < -0.39 is 18.9 Å². The van der Waals surface area contributed by atoms with E-state index in [0.29, 0.717) is 5.56 Å².